The van der Waals surface area contributed by atoms with E-state index in [4.69, 9.17) is 9.47 Å². The first-order valence-corrected chi connectivity index (χ1v) is 5.04. The zero-order valence-corrected chi connectivity index (χ0v) is 9.32. The molecule has 0 aromatic rings. The van der Waals surface area contributed by atoms with Crippen molar-refractivity contribution in [1.82, 2.24) is 0 Å². The van der Waals surface area contributed by atoms with Gasteiger partial charge in [-0.25, -0.2) is 0 Å². The van der Waals surface area contributed by atoms with Crippen molar-refractivity contribution in [3.05, 3.63) is 12.2 Å². The highest BCUT2D eigenvalue weighted by atomic mass is 16.5. The molecule has 0 aromatic heterocycles. The number of hydrogen-bond donors (Lipinski definition) is 0. The average molecular weight is 214 g/mol. The van der Waals surface area contributed by atoms with E-state index < -0.39 is 0 Å². The van der Waals surface area contributed by atoms with Crippen LogP contribution in [-0.2, 0) is 19.1 Å². The summed E-state index contributed by atoms with van der Waals surface area (Å²) in [6.07, 6.45) is 6.37. The second-order valence-electron chi connectivity index (χ2n) is 3.08. The quantitative estimate of drug-likeness (QED) is 0.368. The van der Waals surface area contributed by atoms with E-state index in [0.717, 1.165) is 19.3 Å². The lowest BCUT2D eigenvalue weighted by Crippen LogP contribution is -2.00. The minimum Gasteiger partial charge on any atom is -0.466 e. The second-order valence-corrected chi connectivity index (χ2v) is 3.08. The van der Waals surface area contributed by atoms with Crippen molar-refractivity contribution in [1.29, 1.82) is 0 Å². The van der Waals surface area contributed by atoms with E-state index >= 15 is 0 Å². The number of rotatable bonds is 7. The summed E-state index contributed by atoms with van der Waals surface area (Å²) in [4.78, 5) is 20.8. The number of ether oxygens (including phenoxy) is 2. The van der Waals surface area contributed by atoms with Crippen LogP contribution < -0.4 is 0 Å². The molecule has 15 heavy (non-hydrogen) atoms. The summed E-state index contributed by atoms with van der Waals surface area (Å²) in [5, 5.41) is 0. The molecular weight excluding hydrogens is 196 g/mol. The van der Waals surface area contributed by atoms with Gasteiger partial charge in [-0.1, -0.05) is 12.2 Å². The molecule has 0 aliphatic rings. The Morgan fingerprint density at radius 2 is 1.47 bits per heavy atom. The molecule has 0 saturated heterocycles. The molecule has 0 saturated carbocycles. The van der Waals surface area contributed by atoms with Gasteiger partial charge in [-0.15, -0.1) is 0 Å². The van der Waals surface area contributed by atoms with Crippen molar-refractivity contribution in [2.24, 2.45) is 0 Å². The molecule has 0 rings (SSSR count). The monoisotopic (exact) mass is 214 g/mol. The van der Waals surface area contributed by atoms with E-state index in [2.05, 4.69) is 0 Å². The van der Waals surface area contributed by atoms with Crippen molar-refractivity contribution in [3.8, 4) is 0 Å². The molecule has 0 heterocycles. The van der Waals surface area contributed by atoms with Gasteiger partial charge in [0.2, 0.25) is 0 Å². The number of esters is 2. The van der Waals surface area contributed by atoms with E-state index in [1.165, 1.54) is 13.8 Å². The van der Waals surface area contributed by atoms with Crippen molar-refractivity contribution in [2.45, 2.75) is 33.1 Å². The van der Waals surface area contributed by atoms with Crippen molar-refractivity contribution < 1.29 is 19.1 Å². The summed E-state index contributed by atoms with van der Waals surface area (Å²) in [7, 11) is 0. The van der Waals surface area contributed by atoms with Crippen molar-refractivity contribution >= 4 is 11.9 Å². The van der Waals surface area contributed by atoms with Crippen LogP contribution in [0.15, 0.2) is 12.2 Å². The molecule has 0 aliphatic carbocycles. The van der Waals surface area contributed by atoms with E-state index in [1.54, 1.807) is 0 Å². The minimum atomic E-state index is -0.252. The van der Waals surface area contributed by atoms with Crippen molar-refractivity contribution in [2.75, 3.05) is 13.2 Å². The number of unbranched alkanes of at least 4 members (excludes halogenated alkanes) is 1. The smallest absolute Gasteiger partial charge is 0.302 e. The normalized spacial score (nSPS) is 10.3. The first-order chi connectivity index (χ1) is 7.13. The molecule has 0 fully saturated rings. The molecule has 4 heteroatoms. The SMILES string of the molecule is CC(=O)OCC/C=C\CCCOC(C)=O. The summed E-state index contributed by atoms with van der Waals surface area (Å²) in [6, 6.07) is 0. The highest BCUT2D eigenvalue weighted by molar-refractivity contribution is 5.66. The maximum Gasteiger partial charge on any atom is 0.302 e. The Kier molecular flexibility index (Phi) is 8.43. The van der Waals surface area contributed by atoms with Gasteiger partial charge in [0, 0.05) is 13.8 Å². The number of allylic oxidation sites excluding steroid dienone is 1. The standard InChI is InChI=1S/C11H18O4/c1-10(12)14-8-6-4-3-5-7-9-15-11(2)13/h3-4H,5-9H2,1-2H3/b4-3-. The zero-order chi connectivity index (χ0) is 11.5. The van der Waals surface area contributed by atoms with Crippen LogP contribution in [0.5, 0.6) is 0 Å². The van der Waals surface area contributed by atoms with Crippen LogP contribution in [0.3, 0.4) is 0 Å². The molecule has 0 amide bonds. The van der Waals surface area contributed by atoms with E-state index in [1.807, 2.05) is 12.2 Å². The molecule has 0 atom stereocenters. The average Bonchev–Trinajstić information content (AvgIpc) is 2.14. The maximum absolute atomic E-state index is 10.4. The van der Waals surface area contributed by atoms with Gasteiger partial charge < -0.3 is 9.47 Å². The number of hydrogen-bond acceptors (Lipinski definition) is 4. The van der Waals surface area contributed by atoms with Gasteiger partial charge in [0.05, 0.1) is 13.2 Å². The maximum atomic E-state index is 10.4. The van der Waals surface area contributed by atoms with Crippen LogP contribution in [0.25, 0.3) is 0 Å². The van der Waals surface area contributed by atoms with Crippen LogP contribution in [-0.4, -0.2) is 25.2 Å². The fourth-order valence-corrected chi connectivity index (χ4v) is 0.923. The van der Waals surface area contributed by atoms with Gasteiger partial charge in [-0.05, 0) is 19.3 Å². The predicted molar refractivity (Wildman–Crippen MR) is 56.3 cm³/mol. The topological polar surface area (TPSA) is 52.6 Å². The van der Waals surface area contributed by atoms with Crippen molar-refractivity contribution in [3.63, 3.8) is 0 Å². The van der Waals surface area contributed by atoms with Crippen LogP contribution >= 0.6 is 0 Å². The zero-order valence-electron chi connectivity index (χ0n) is 9.32. The summed E-state index contributed by atoms with van der Waals surface area (Å²) >= 11 is 0. The third kappa shape index (κ3) is 12.7. The van der Waals surface area contributed by atoms with Crippen LogP contribution in [0.1, 0.15) is 33.1 Å². The van der Waals surface area contributed by atoms with Crippen LogP contribution in [0.2, 0.25) is 0 Å². The molecule has 0 radical (unpaired) electrons. The first kappa shape index (κ1) is 13.7. The molecule has 0 unspecified atom stereocenters. The van der Waals surface area contributed by atoms with E-state index in [9.17, 15) is 9.59 Å². The van der Waals surface area contributed by atoms with Gasteiger partial charge in [0.15, 0.2) is 0 Å². The Balaban J connectivity index is 3.17. The predicted octanol–water partition coefficient (Wildman–Crippen LogP) is 1.84. The Hall–Kier alpha value is -1.32. The molecule has 0 spiro atoms. The first-order valence-electron chi connectivity index (χ1n) is 5.04. The molecule has 0 aliphatic heterocycles. The van der Waals surface area contributed by atoms with Gasteiger partial charge in [0.25, 0.3) is 0 Å². The fourth-order valence-electron chi connectivity index (χ4n) is 0.923. The van der Waals surface area contributed by atoms with Crippen LogP contribution in [0.4, 0.5) is 0 Å². The largest absolute Gasteiger partial charge is 0.466 e. The highest BCUT2D eigenvalue weighted by Crippen LogP contribution is 1.94. The summed E-state index contributed by atoms with van der Waals surface area (Å²) < 4.78 is 9.50. The molecular formula is C11H18O4. The van der Waals surface area contributed by atoms with Gasteiger partial charge >= 0.3 is 11.9 Å². The highest BCUT2D eigenvalue weighted by Gasteiger charge is 1.91. The molecule has 0 N–H and O–H groups in total. The van der Waals surface area contributed by atoms with Gasteiger partial charge in [0.1, 0.15) is 0 Å². The van der Waals surface area contributed by atoms with Gasteiger partial charge in [-0.3, -0.25) is 9.59 Å². The molecule has 86 valence electrons. The Labute approximate surface area is 90.2 Å². The summed E-state index contributed by atoms with van der Waals surface area (Å²) in [5.74, 6) is -0.493. The lowest BCUT2D eigenvalue weighted by Gasteiger charge is -1.98. The summed E-state index contributed by atoms with van der Waals surface area (Å²) in [5.41, 5.74) is 0. The second kappa shape index (κ2) is 9.24. The van der Waals surface area contributed by atoms with E-state index in [0.29, 0.717) is 13.2 Å². The lowest BCUT2D eigenvalue weighted by atomic mass is 10.3. The molecule has 0 aromatic carbocycles. The Morgan fingerprint density at radius 3 is 2.07 bits per heavy atom. The fraction of sp³-hybridized carbons (Fsp3) is 0.636. The van der Waals surface area contributed by atoms with E-state index in [-0.39, 0.29) is 11.9 Å². The molecule has 4 nitrogen and oxygen atoms in total. The lowest BCUT2D eigenvalue weighted by molar-refractivity contribution is -0.141. The Bertz CT molecular complexity index is 221. The Morgan fingerprint density at radius 1 is 0.933 bits per heavy atom. The number of carbonyl (C=O) groups excluding carboxylic acids is 2. The van der Waals surface area contributed by atoms with Crippen LogP contribution in [0, 0.1) is 0 Å². The third-order valence-electron chi connectivity index (χ3n) is 1.58. The van der Waals surface area contributed by atoms with Gasteiger partial charge in [-0.2, -0.15) is 0 Å². The number of carbonyl (C=O) groups is 2. The molecule has 0 bridgehead atoms. The third-order valence-corrected chi connectivity index (χ3v) is 1.58. The summed E-state index contributed by atoms with van der Waals surface area (Å²) in [6.45, 7) is 3.68. The minimum absolute atomic E-state index is 0.242.